The summed E-state index contributed by atoms with van der Waals surface area (Å²) in [5.74, 6) is 1.13. The third-order valence-corrected chi connectivity index (χ3v) is 5.41. The van der Waals surface area contributed by atoms with Crippen molar-refractivity contribution in [1.82, 2.24) is 15.6 Å². The van der Waals surface area contributed by atoms with E-state index in [0.717, 1.165) is 50.4 Å². The van der Waals surface area contributed by atoms with E-state index in [0.29, 0.717) is 13.2 Å². The second kappa shape index (κ2) is 8.63. The molecule has 0 aliphatic carbocycles. The summed E-state index contributed by atoms with van der Waals surface area (Å²) in [4.78, 5) is 19.7. The minimum absolute atomic E-state index is 0.104. The van der Waals surface area contributed by atoms with Crippen LogP contribution < -0.4 is 15.5 Å². The van der Waals surface area contributed by atoms with Crippen molar-refractivity contribution in [2.24, 2.45) is 5.41 Å². The van der Waals surface area contributed by atoms with Gasteiger partial charge in [0.15, 0.2) is 0 Å². The van der Waals surface area contributed by atoms with Gasteiger partial charge in [-0.15, -0.1) is 0 Å². The summed E-state index contributed by atoms with van der Waals surface area (Å²) < 4.78 is 5.35. The Kier molecular flexibility index (Phi) is 6.26. The van der Waals surface area contributed by atoms with Crippen LogP contribution in [0.3, 0.4) is 0 Å². The number of rotatable bonds is 6. The molecule has 0 atom stereocenters. The Morgan fingerprint density at radius 1 is 1.32 bits per heavy atom. The molecule has 3 rings (SSSR count). The van der Waals surface area contributed by atoms with E-state index in [1.165, 1.54) is 19.3 Å². The SMILES string of the molecule is COCC1(C(=O)NCc2ccnc(N3CCCCC3)c2)CCNCC1. The molecular weight excluding hydrogens is 316 g/mol. The van der Waals surface area contributed by atoms with Crippen LogP contribution in [0.4, 0.5) is 5.82 Å². The maximum atomic E-state index is 12.8. The van der Waals surface area contributed by atoms with Crippen LogP contribution in [0.5, 0.6) is 0 Å². The molecule has 2 fully saturated rings. The smallest absolute Gasteiger partial charge is 0.228 e. The molecule has 3 heterocycles. The minimum atomic E-state index is -0.400. The Labute approximate surface area is 150 Å². The lowest BCUT2D eigenvalue weighted by Crippen LogP contribution is -2.49. The molecular formula is C19H30N4O2. The third kappa shape index (κ3) is 4.50. The van der Waals surface area contributed by atoms with Crippen LogP contribution in [-0.2, 0) is 16.1 Å². The predicted molar refractivity (Wildman–Crippen MR) is 98.6 cm³/mol. The molecule has 0 spiro atoms. The van der Waals surface area contributed by atoms with Gasteiger partial charge in [-0.1, -0.05) is 0 Å². The van der Waals surface area contributed by atoms with Gasteiger partial charge in [0.25, 0.3) is 0 Å². The second-order valence-corrected chi connectivity index (χ2v) is 7.22. The lowest BCUT2D eigenvalue weighted by Gasteiger charge is -2.35. The second-order valence-electron chi connectivity index (χ2n) is 7.22. The molecule has 2 saturated heterocycles. The number of piperidine rings is 2. The Balaban J connectivity index is 1.61. The fourth-order valence-corrected chi connectivity index (χ4v) is 3.85. The number of ether oxygens (including phenoxy) is 1. The number of hydrogen-bond donors (Lipinski definition) is 2. The Hall–Kier alpha value is -1.66. The average molecular weight is 346 g/mol. The lowest BCUT2D eigenvalue weighted by molar-refractivity contribution is -0.136. The first-order valence-corrected chi connectivity index (χ1v) is 9.41. The zero-order valence-electron chi connectivity index (χ0n) is 15.2. The third-order valence-electron chi connectivity index (χ3n) is 5.41. The maximum Gasteiger partial charge on any atom is 0.228 e. The van der Waals surface area contributed by atoms with Gasteiger partial charge in [0.2, 0.25) is 5.91 Å². The van der Waals surface area contributed by atoms with Gasteiger partial charge < -0.3 is 20.3 Å². The monoisotopic (exact) mass is 346 g/mol. The molecule has 0 bridgehead atoms. The fraction of sp³-hybridized carbons (Fsp3) is 0.684. The number of carbonyl (C=O) groups is 1. The van der Waals surface area contributed by atoms with E-state index in [1.54, 1.807) is 7.11 Å². The number of amides is 1. The van der Waals surface area contributed by atoms with Crippen LogP contribution in [0.1, 0.15) is 37.7 Å². The normalized spacial score (nSPS) is 20.3. The topological polar surface area (TPSA) is 66.5 Å². The Morgan fingerprint density at radius 2 is 2.08 bits per heavy atom. The molecule has 0 unspecified atom stereocenters. The van der Waals surface area contributed by atoms with Gasteiger partial charge in [-0.05, 0) is 62.9 Å². The van der Waals surface area contributed by atoms with Crippen LogP contribution >= 0.6 is 0 Å². The first-order valence-electron chi connectivity index (χ1n) is 9.41. The first-order chi connectivity index (χ1) is 12.2. The highest BCUT2D eigenvalue weighted by Crippen LogP contribution is 2.29. The maximum absolute atomic E-state index is 12.8. The molecule has 0 radical (unpaired) electrons. The molecule has 1 amide bonds. The zero-order chi connectivity index (χ0) is 17.5. The average Bonchev–Trinajstić information content (AvgIpc) is 2.68. The number of methoxy groups -OCH3 is 1. The number of hydrogen-bond acceptors (Lipinski definition) is 5. The van der Waals surface area contributed by atoms with E-state index in [9.17, 15) is 4.79 Å². The highest BCUT2D eigenvalue weighted by atomic mass is 16.5. The molecule has 2 aliphatic rings. The first kappa shape index (κ1) is 18.1. The van der Waals surface area contributed by atoms with E-state index in [1.807, 2.05) is 12.3 Å². The van der Waals surface area contributed by atoms with Crippen LogP contribution in [0, 0.1) is 5.41 Å². The van der Waals surface area contributed by atoms with Crippen molar-refractivity contribution in [3.8, 4) is 0 Å². The zero-order valence-corrected chi connectivity index (χ0v) is 15.2. The summed E-state index contributed by atoms with van der Waals surface area (Å²) >= 11 is 0. The van der Waals surface area contributed by atoms with Gasteiger partial charge >= 0.3 is 0 Å². The summed E-state index contributed by atoms with van der Waals surface area (Å²) in [5.41, 5.74) is 0.702. The lowest BCUT2D eigenvalue weighted by atomic mass is 9.78. The number of nitrogens with one attached hydrogen (secondary N) is 2. The van der Waals surface area contributed by atoms with Crippen molar-refractivity contribution < 1.29 is 9.53 Å². The summed E-state index contributed by atoms with van der Waals surface area (Å²) in [6.45, 7) is 4.91. The van der Waals surface area contributed by atoms with E-state index in [-0.39, 0.29) is 5.91 Å². The summed E-state index contributed by atoms with van der Waals surface area (Å²) in [7, 11) is 1.67. The highest BCUT2D eigenvalue weighted by Gasteiger charge is 2.39. The standard InChI is InChI=1S/C19H30N4O2/c1-25-15-19(6-9-20-10-7-19)18(24)22-14-16-5-8-21-17(13-16)23-11-3-2-4-12-23/h5,8,13,20H,2-4,6-7,9-12,14-15H2,1H3,(H,22,24). The molecule has 0 aromatic carbocycles. The Bertz CT molecular complexity index is 561. The molecule has 25 heavy (non-hydrogen) atoms. The van der Waals surface area contributed by atoms with Crippen LogP contribution in [-0.4, -0.2) is 50.8 Å². The summed E-state index contributed by atoms with van der Waals surface area (Å²) in [6.07, 6.45) is 7.26. The molecule has 6 nitrogen and oxygen atoms in total. The summed E-state index contributed by atoms with van der Waals surface area (Å²) in [6, 6.07) is 4.09. The van der Waals surface area contributed by atoms with Crippen LogP contribution in [0.25, 0.3) is 0 Å². The molecule has 2 aliphatic heterocycles. The van der Waals surface area contributed by atoms with Gasteiger partial charge in [-0.3, -0.25) is 4.79 Å². The van der Waals surface area contributed by atoms with E-state index >= 15 is 0 Å². The number of pyridine rings is 1. The van der Waals surface area contributed by atoms with E-state index < -0.39 is 5.41 Å². The quantitative estimate of drug-likeness (QED) is 0.821. The molecule has 0 saturated carbocycles. The van der Waals surface area contributed by atoms with Gasteiger partial charge in [0.1, 0.15) is 5.82 Å². The van der Waals surface area contributed by atoms with E-state index in [2.05, 4.69) is 26.6 Å². The van der Waals surface area contributed by atoms with Crippen LogP contribution in [0.2, 0.25) is 0 Å². The number of anilines is 1. The van der Waals surface area contributed by atoms with E-state index in [4.69, 9.17) is 4.74 Å². The molecule has 1 aromatic rings. The number of carbonyl (C=O) groups excluding carboxylic acids is 1. The predicted octanol–water partition coefficient (Wildman–Crippen LogP) is 1.70. The van der Waals surface area contributed by atoms with Crippen molar-refractivity contribution in [3.05, 3.63) is 23.9 Å². The molecule has 6 heteroatoms. The minimum Gasteiger partial charge on any atom is -0.384 e. The van der Waals surface area contributed by atoms with Crippen molar-refractivity contribution in [2.45, 2.75) is 38.6 Å². The van der Waals surface area contributed by atoms with Gasteiger partial charge in [-0.2, -0.15) is 0 Å². The summed E-state index contributed by atoms with van der Waals surface area (Å²) in [5, 5.41) is 6.45. The van der Waals surface area contributed by atoms with Crippen molar-refractivity contribution >= 4 is 11.7 Å². The van der Waals surface area contributed by atoms with Gasteiger partial charge in [0, 0.05) is 32.9 Å². The van der Waals surface area contributed by atoms with Crippen molar-refractivity contribution in [1.29, 1.82) is 0 Å². The highest BCUT2D eigenvalue weighted by molar-refractivity contribution is 5.83. The Morgan fingerprint density at radius 3 is 2.80 bits per heavy atom. The van der Waals surface area contributed by atoms with Crippen LogP contribution in [0.15, 0.2) is 18.3 Å². The van der Waals surface area contributed by atoms with Gasteiger partial charge in [0.05, 0.1) is 12.0 Å². The van der Waals surface area contributed by atoms with Crippen molar-refractivity contribution in [3.63, 3.8) is 0 Å². The number of nitrogens with zero attached hydrogens (tertiary/aromatic N) is 2. The molecule has 1 aromatic heterocycles. The number of aromatic nitrogens is 1. The molecule has 138 valence electrons. The van der Waals surface area contributed by atoms with Gasteiger partial charge in [-0.25, -0.2) is 4.98 Å². The van der Waals surface area contributed by atoms with Crippen molar-refractivity contribution in [2.75, 3.05) is 44.8 Å². The fourth-order valence-electron chi connectivity index (χ4n) is 3.85. The largest absolute Gasteiger partial charge is 0.384 e. The molecule has 2 N–H and O–H groups in total.